The summed E-state index contributed by atoms with van der Waals surface area (Å²) in [5.74, 6) is -2.78. The van der Waals surface area contributed by atoms with Crippen LogP contribution in [-0.2, 0) is 4.79 Å². The van der Waals surface area contributed by atoms with Crippen LogP contribution < -0.4 is 5.73 Å². The Labute approximate surface area is 108 Å². The van der Waals surface area contributed by atoms with Crippen LogP contribution in [0.2, 0.25) is 0 Å². The number of hydrogen-bond donors (Lipinski definition) is 1. The molecule has 0 heterocycles. The normalized spacial score (nSPS) is 20.1. The summed E-state index contributed by atoms with van der Waals surface area (Å²) < 4.78 is 26.1. The van der Waals surface area contributed by atoms with E-state index in [1.807, 2.05) is 13.8 Å². The molecule has 0 bridgehead atoms. The first kappa shape index (κ1) is 15.3. The van der Waals surface area contributed by atoms with Crippen LogP contribution in [0, 0.1) is 5.92 Å². The van der Waals surface area contributed by atoms with Gasteiger partial charge in [-0.1, -0.05) is 0 Å². The van der Waals surface area contributed by atoms with Gasteiger partial charge >= 0.3 is 0 Å². The highest BCUT2D eigenvalue weighted by atomic mass is 19.3. The lowest BCUT2D eigenvalue weighted by Gasteiger charge is -2.34. The topological polar surface area (TPSA) is 46.3 Å². The lowest BCUT2D eigenvalue weighted by atomic mass is 9.85. The molecule has 1 amide bonds. The molecule has 0 radical (unpaired) electrons. The third-order valence-corrected chi connectivity index (χ3v) is 3.58. The SMILES string of the molecule is CC(C)N(CCCN)C(=O)C1CCC(F)(F)CC1. The van der Waals surface area contributed by atoms with Crippen LogP contribution in [0.15, 0.2) is 0 Å². The quantitative estimate of drug-likeness (QED) is 0.827. The lowest BCUT2D eigenvalue weighted by molar-refractivity contribution is -0.141. The molecule has 1 rings (SSSR count). The van der Waals surface area contributed by atoms with Crippen LogP contribution in [0.4, 0.5) is 8.78 Å². The van der Waals surface area contributed by atoms with Crippen LogP contribution in [0.25, 0.3) is 0 Å². The molecule has 1 aliphatic rings. The van der Waals surface area contributed by atoms with Crippen LogP contribution >= 0.6 is 0 Å². The number of nitrogens with zero attached hydrogens (tertiary/aromatic N) is 1. The van der Waals surface area contributed by atoms with Gasteiger partial charge in [-0.3, -0.25) is 4.79 Å². The third kappa shape index (κ3) is 4.19. The number of alkyl halides is 2. The molecule has 5 heteroatoms. The number of amides is 1. The van der Waals surface area contributed by atoms with Gasteiger partial charge in [0.1, 0.15) is 0 Å². The van der Waals surface area contributed by atoms with Crippen molar-refractivity contribution in [3.63, 3.8) is 0 Å². The van der Waals surface area contributed by atoms with Gasteiger partial charge in [-0.05, 0) is 39.7 Å². The van der Waals surface area contributed by atoms with Crippen LogP contribution in [-0.4, -0.2) is 35.9 Å². The first-order valence-electron chi connectivity index (χ1n) is 6.76. The molecule has 1 fully saturated rings. The smallest absolute Gasteiger partial charge is 0.248 e. The highest BCUT2D eigenvalue weighted by molar-refractivity contribution is 5.79. The van der Waals surface area contributed by atoms with Crippen LogP contribution in [0.5, 0.6) is 0 Å². The number of hydrogen-bond acceptors (Lipinski definition) is 2. The number of carbonyl (C=O) groups excluding carboxylic acids is 1. The zero-order chi connectivity index (χ0) is 13.8. The molecule has 1 saturated carbocycles. The third-order valence-electron chi connectivity index (χ3n) is 3.58. The van der Waals surface area contributed by atoms with Crippen molar-refractivity contribution in [1.82, 2.24) is 4.90 Å². The van der Waals surface area contributed by atoms with E-state index in [1.165, 1.54) is 0 Å². The predicted molar refractivity (Wildman–Crippen MR) is 67.4 cm³/mol. The van der Waals surface area contributed by atoms with Crippen LogP contribution in [0.1, 0.15) is 46.0 Å². The van der Waals surface area contributed by atoms with Crippen molar-refractivity contribution >= 4 is 5.91 Å². The Hall–Kier alpha value is -0.710. The van der Waals surface area contributed by atoms with Gasteiger partial charge in [-0.15, -0.1) is 0 Å². The number of carbonyl (C=O) groups is 1. The average molecular weight is 262 g/mol. The van der Waals surface area contributed by atoms with Gasteiger partial charge in [-0.2, -0.15) is 0 Å². The van der Waals surface area contributed by atoms with Gasteiger partial charge in [0, 0.05) is 31.3 Å². The van der Waals surface area contributed by atoms with Gasteiger partial charge in [0.15, 0.2) is 0 Å². The zero-order valence-electron chi connectivity index (χ0n) is 11.3. The second-order valence-corrected chi connectivity index (χ2v) is 5.40. The highest BCUT2D eigenvalue weighted by Crippen LogP contribution is 2.37. The van der Waals surface area contributed by atoms with E-state index in [-0.39, 0.29) is 30.7 Å². The van der Waals surface area contributed by atoms with Gasteiger partial charge < -0.3 is 10.6 Å². The maximum Gasteiger partial charge on any atom is 0.248 e. The van der Waals surface area contributed by atoms with Crippen molar-refractivity contribution in [2.24, 2.45) is 11.7 Å². The molecular weight excluding hydrogens is 238 g/mol. The Morgan fingerprint density at radius 1 is 1.39 bits per heavy atom. The van der Waals surface area contributed by atoms with Gasteiger partial charge in [0.2, 0.25) is 11.8 Å². The highest BCUT2D eigenvalue weighted by Gasteiger charge is 2.38. The minimum atomic E-state index is -2.57. The van der Waals surface area contributed by atoms with Gasteiger partial charge in [-0.25, -0.2) is 8.78 Å². The molecule has 106 valence electrons. The maximum absolute atomic E-state index is 13.1. The van der Waals surface area contributed by atoms with Crippen LogP contribution in [0.3, 0.4) is 0 Å². The molecule has 0 saturated heterocycles. The molecular formula is C13H24F2N2O. The lowest BCUT2D eigenvalue weighted by Crippen LogP contribution is -2.43. The van der Waals surface area contributed by atoms with E-state index in [0.29, 0.717) is 25.9 Å². The molecule has 1 aliphatic carbocycles. The standard InChI is InChI=1S/C13H24F2N2O/c1-10(2)17(9-3-8-16)12(18)11-4-6-13(14,15)7-5-11/h10-11H,3-9,16H2,1-2H3. The Morgan fingerprint density at radius 3 is 2.39 bits per heavy atom. The fourth-order valence-corrected chi connectivity index (χ4v) is 2.41. The Morgan fingerprint density at radius 2 is 1.94 bits per heavy atom. The van der Waals surface area contributed by atoms with Crippen molar-refractivity contribution in [3.8, 4) is 0 Å². The van der Waals surface area contributed by atoms with E-state index >= 15 is 0 Å². The molecule has 0 aromatic rings. The second kappa shape index (κ2) is 6.45. The predicted octanol–water partition coefficient (Wildman–Crippen LogP) is 2.40. The largest absolute Gasteiger partial charge is 0.340 e. The Kier molecular flexibility index (Phi) is 5.50. The average Bonchev–Trinajstić information content (AvgIpc) is 2.28. The van der Waals surface area contributed by atoms with E-state index in [0.717, 1.165) is 6.42 Å². The summed E-state index contributed by atoms with van der Waals surface area (Å²) >= 11 is 0. The summed E-state index contributed by atoms with van der Waals surface area (Å²) in [4.78, 5) is 14.1. The molecule has 0 atom stereocenters. The summed E-state index contributed by atoms with van der Waals surface area (Å²) in [6, 6.07) is 0.103. The molecule has 0 aromatic heterocycles. The van der Waals surface area contributed by atoms with Gasteiger partial charge in [0.25, 0.3) is 0 Å². The fraction of sp³-hybridized carbons (Fsp3) is 0.923. The van der Waals surface area contributed by atoms with Crippen molar-refractivity contribution in [2.45, 2.75) is 57.9 Å². The summed E-state index contributed by atoms with van der Waals surface area (Å²) in [6.07, 6.45) is 1.04. The number of rotatable bonds is 5. The first-order valence-corrected chi connectivity index (χ1v) is 6.76. The molecule has 0 aliphatic heterocycles. The summed E-state index contributed by atoms with van der Waals surface area (Å²) in [5.41, 5.74) is 5.45. The molecule has 0 unspecified atom stereocenters. The van der Waals surface area contributed by atoms with E-state index in [9.17, 15) is 13.6 Å². The molecule has 2 N–H and O–H groups in total. The minimum absolute atomic E-state index is 0.0222. The molecule has 0 aromatic carbocycles. The van der Waals surface area contributed by atoms with Crippen molar-refractivity contribution < 1.29 is 13.6 Å². The summed E-state index contributed by atoms with van der Waals surface area (Å²) in [5, 5.41) is 0. The molecule has 0 spiro atoms. The second-order valence-electron chi connectivity index (χ2n) is 5.40. The zero-order valence-corrected chi connectivity index (χ0v) is 11.3. The number of halogens is 2. The molecule has 18 heavy (non-hydrogen) atoms. The summed E-state index contributed by atoms with van der Waals surface area (Å²) in [6.45, 7) is 5.07. The maximum atomic E-state index is 13.1. The molecule has 3 nitrogen and oxygen atoms in total. The number of nitrogens with two attached hydrogens (primary N) is 1. The van der Waals surface area contributed by atoms with E-state index in [2.05, 4.69) is 0 Å². The van der Waals surface area contributed by atoms with E-state index < -0.39 is 5.92 Å². The first-order chi connectivity index (χ1) is 8.37. The van der Waals surface area contributed by atoms with E-state index in [4.69, 9.17) is 5.73 Å². The Balaban J connectivity index is 2.56. The minimum Gasteiger partial charge on any atom is -0.340 e. The van der Waals surface area contributed by atoms with Crippen molar-refractivity contribution in [3.05, 3.63) is 0 Å². The summed E-state index contributed by atoms with van der Waals surface area (Å²) in [7, 11) is 0. The van der Waals surface area contributed by atoms with Crippen molar-refractivity contribution in [1.29, 1.82) is 0 Å². The monoisotopic (exact) mass is 262 g/mol. The fourth-order valence-electron chi connectivity index (χ4n) is 2.41. The van der Waals surface area contributed by atoms with E-state index in [1.54, 1.807) is 4.90 Å². The van der Waals surface area contributed by atoms with Crippen molar-refractivity contribution in [2.75, 3.05) is 13.1 Å². The Bertz CT molecular complexity index is 272. The van der Waals surface area contributed by atoms with Gasteiger partial charge in [0.05, 0.1) is 0 Å².